The van der Waals surface area contributed by atoms with Crippen LogP contribution >= 0.6 is 15.9 Å². The first-order valence-electron chi connectivity index (χ1n) is 4.25. The second kappa shape index (κ2) is 3.68. The van der Waals surface area contributed by atoms with Crippen LogP contribution in [0.4, 0.5) is 0 Å². The third kappa shape index (κ3) is 2.23. The summed E-state index contributed by atoms with van der Waals surface area (Å²) in [6, 6.07) is 5.31. The Hall–Kier alpha value is -0.540. The molecule has 0 radical (unpaired) electrons. The SMILES string of the molecule is CC[C@](C)(N)c1cc(Br)ccc1O. The molecule has 0 spiro atoms. The standard InChI is InChI=1S/C10H14BrNO/c1-3-10(2,12)8-6-7(11)4-5-9(8)13/h4-6,13H,3,12H2,1-2H3/t10-/m0/s1. The molecule has 0 aliphatic heterocycles. The molecule has 0 saturated carbocycles. The van der Waals surface area contributed by atoms with Gasteiger partial charge in [0.1, 0.15) is 5.75 Å². The van der Waals surface area contributed by atoms with Gasteiger partial charge in [0, 0.05) is 15.6 Å². The van der Waals surface area contributed by atoms with Gasteiger partial charge in [0.25, 0.3) is 0 Å². The number of phenolic OH excluding ortho intramolecular Hbond substituents is 1. The fourth-order valence-electron chi connectivity index (χ4n) is 1.16. The van der Waals surface area contributed by atoms with Crippen LogP contribution in [0.15, 0.2) is 22.7 Å². The number of nitrogens with two attached hydrogens (primary N) is 1. The average molecular weight is 244 g/mol. The Morgan fingerprint density at radius 3 is 2.69 bits per heavy atom. The first-order chi connectivity index (χ1) is 5.97. The molecule has 2 nitrogen and oxygen atoms in total. The van der Waals surface area contributed by atoms with Gasteiger partial charge in [-0.25, -0.2) is 0 Å². The monoisotopic (exact) mass is 243 g/mol. The molecule has 0 bridgehead atoms. The zero-order valence-corrected chi connectivity index (χ0v) is 9.43. The molecule has 3 heteroatoms. The highest BCUT2D eigenvalue weighted by molar-refractivity contribution is 9.10. The van der Waals surface area contributed by atoms with E-state index in [9.17, 15) is 5.11 Å². The number of hydrogen-bond donors (Lipinski definition) is 2. The second-order valence-electron chi connectivity index (χ2n) is 3.43. The van der Waals surface area contributed by atoms with Crippen molar-refractivity contribution in [3.8, 4) is 5.75 Å². The fourth-order valence-corrected chi connectivity index (χ4v) is 1.52. The van der Waals surface area contributed by atoms with E-state index in [0.717, 1.165) is 16.5 Å². The first kappa shape index (κ1) is 10.5. The zero-order valence-electron chi connectivity index (χ0n) is 7.84. The van der Waals surface area contributed by atoms with Crippen LogP contribution in [-0.4, -0.2) is 5.11 Å². The number of hydrogen-bond acceptors (Lipinski definition) is 2. The van der Waals surface area contributed by atoms with Crippen molar-refractivity contribution in [2.24, 2.45) is 5.73 Å². The summed E-state index contributed by atoms with van der Waals surface area (Å²) in [5, 5.41) is 9.60. The molecule has 0 unspecified atom stereocenters. The highest BCUT2D eigenvalue weighted by atomic mass is 79.9. The number of aromatic hydroxyl groups is 1. The van der Waals surface area contributed by atoms with Gasteiger partial charge in [-0.15, -0.1) is 0 Å². The lowest BCUT2D eigenvalue weighted by Gasteiger charge is -2.24. The predicted octanol–water partition coefficient (Wildman–Crippen LogP) is 2.74. The van der Waals surface area contributed by atoms with Crippen molar-refractivity contribution in [1.29, 1.82) is 0 Å². The van der Waals surface area contributed by atoms with Crippen molar-refractivity contribution in [3.05, 3.63) is 28.2 Å². The minimum absolute atomic E-state index is 0.259. The first-order valence-corrected chi connectivity index (χ1v) is 5.04. The summed E-state index contributed by atoms with van der Waals surface area (Å²) in [7, 11) is 0. The molecule has 3 N–H and O–H groups in total. The van der Waals surface area contributed by atoms with E-state index in [1.54, 1.807) is 12.1 Å². The maximum atomic E-state index is 9.60. The van der Waals surface area contributed by atoms with E-state index >= 15 is 0 Å². The Morgan fingerprint density at radius 2 is 2.15 bits per heavy atom. The minimum Gasteiger partial charge on any atom is -0.508 e. The van der Waals surface area contributed by atoms with Crippen molar-refractivity contribution in [3.63, 3.8) is 0 Å². The van der Waals surface area contributed by atoms with E-state index in [4.69, 9.17) is 5.73 Å². The maximum Gasteiger partial charge on any atom is 0.120 e. The van der Waals surface area contributed by atoms with Crippen LogP contribution in [-0.2, 0) is 5.54 Å². The van der Waals surface area contributed by atoms with E-state index in [-0.39, 0.29) is 5.75 Å². The molecule has 1 aromatic carbocycles. The molecule has 0 aromatic heterocycles. The largest absolute Gasteiger partial charge is 0.508 e. The Balaban J connectivity index is 3.20. The molecule has 0 amide bonds. The van der Waals surface area contributed by atoms with E-state index in [1.807, 2.05) is 19.9 Å². The molecule has 72 valence electrons. The minimum atomic E-state index is -0.464. The molecular formula is C10H14BrNO. The van der Waals surface area contributed by atoms with Gasteiger partial charge in [0.15, 0.2) is 0 Å². The van der Waals surface area contributed by atoms with Gasteiger partial charge >= 0.3 is 0 Å². The van der Waals surface area contributed by atoms with E-state index in [2.05, 4.69) is 15.9 Å². The van der Waals surface area contributed by atoms with Gasteiger partial charge in [0.05, 0.1) is 0 Å². The lowest BCUT2D eigenvalue weighted by molar-refractivity contribution is 0.416. The summed E-state index contributed by atoms with van der Waals surface area (Å²) in [4.78, 5) is 0. The van der Waals surface area contributed by atoms with Gasteiger partial charge in [-0.1, -0.05) is 22.9 Å². The molecule has 1 aromatic rings. The highest BCUT2D eigenvalue weighted by Crippen LogP contribution is 2.31. The van der Waals surface area contributed by atoms with Gasteiger partial charge in [-0.3, -0.25) is 0 Å². The quantitative estimate of drug-likeness (QED) is 0.840. The van der Waals surface area contributed by atoms with Gasteiger partial charge in [-0.2, -0.15) is 0 Å². The molecule has 0 fully saturated rings. The summed E-state index contributed by atoms with van der Waals surface area (Å²) >= 11 is 3.35. The Morgan fingerprint density at radius 1 is 1.54 bits per heavy atom. The summed E-state index contributed by atoms with van der Waals surface area (Å²) in [6.45, 7) is 3.91. The van der Waals surface area contributed by atoms with Crippen molar-refractivity contribution < 1.29 is 5.11 Å². The van der Waals surface area contributed by atoms with E-state index < -0.39 is 5.54 Å². The molecule has 13 heavy (non-hydrogen) atoms. The van der Waals surface area contributed by atoms with Crippen LogP contribution in [0.1, 0.15) is 25.8 Å². The van der Waals surface area contributed by atoms with Crippen LogP contribution in [0.25, 0.3) is 0 Å². The van der Waals surface area contributed by atoms with Crippen molar-refractivity contribution >= 4 is 15.9 Å². The summed E-state index contributed by atoms with van der Waals surface area (Å²) in [5.74, 6) is 0.259. The van der Waals surface area contributed by atoms with Crippen LogP contribution in [0.5, 0.6) is 5.75 Å². The van der Waals surface area contributed by atoms with Gasteiger partial charge in [0.2, 0.25) is 0 Å². The number of rotatable bonds is 2. The summed E-state index contributed by atoms with van der Waals surface area (Å²) in [6.07, 6.45) is 0.789. The Labute approximate surface area is 86.9 Å². The molecule has 0 heterocycles. The Kier molecular flexibility index (Phi) is 2.98. The predicted molar refractivity (Wildman–Crippen MR) is 57.6 cm³/mol. The van der Waals surface area contributed by atoms with Crippen LogP contribution in [0.3, 0.4) is 0 Å². The molecular weight excluding hydrogens is 230 g/mol. The van der Waals surface area contributed by atoms with E-state index in [1.165, 1.54) is 0 Å². The van der Waals surface area contributed by atoms with E-state index in [0.29, 0.717) is 0 Å². The summed E-state index contributed by atoms with van der Waals surface area (Å²) < 4.78 is 0.936. The average Bonchev–Trinajstić information content (AvgIpc) is 2.09. The molecule has 0 saturated heterocycles. The molecule has 1 rings (SSSR count). The zero-order chi connectivity index (χ0) is 10.1. The van der Waals surface area contributed by atoms with Crippen molar-refractivity contribution in [2.75, 3.05) is 0 Å². The lowest BCUT2D eigenvalue weighted by atomic mass is 9.90. The third-order valence-corrected chi connectivity index (χ3v) is 2.80. The van der Waals surface area contributed by atoms with Crippen LogP contribution in [0, 0.1) is 0 Å². The highest BCUT2D eigenvalue weighted by Gasteiger charge is 2.22. The van der Waals surface area contributed by atoms with Crippen molar-refractivity contribution in [2.45, 2.75) is 25.8 Å². The van der Waals surface area contributed by atoms with Gasteiger partial charge < -0.3 is 10.8 Å². The lowest BCUT2D eigenvalue weighted by Crippen LogP contribution is -2.31. The smallest absolute Gasteiger partial charge is 0.120 e. The molecule has 0 aliphatic carbocycles. The number of phenols is 1. The number of benzene rings is 1. The fraction of sp³-hybridized carbons (Fsp3) is 0.400. The topological polar surface area (TPSA) is 46.2 Å². The Bertz CT molecular complexity index is 310. The van der Waals surface area contributed by atoms with Crippen molar-refractivity contribution in [1.82, 2.24) is 0 Å². The van der Waals surface area contributed by atoms with Gasteiger partial charge in [-0.05, 0) is 31.5 Å². The summed E-state index contributed by atoms with van der Waals surface area (Å²) in [5.41, 5.74) is 6.34. The molecule has 1 atom stereocenters. The maximum absolute atomic E-state index is 9.60. The number of halogens is 1. The van der Waals surface area contributed by atoms with Crippen LogP contribution in [0.2, 0.25) is 0 Å². The second-order valence-corrected chi connectivity index (χ2v) is 4.35. The molecule has 0 aliphatic rings. The van der Waals surface area contributed by atoms with Crippen LogP contribution < -0.4 is 5.73 Å². The third-order valence-electron chi connectivity index (χ3n) is 2.31. The normalized spacial score (nSPS) is 15.4.